The first-order valence-electron chi connectivity index (χ1n) is 8.35. The Kier molecular flexibility index (Phi) is 7.06. The highest BCUT2D eigenvalue weighted by Crippen LogP contribution is 2.21. The van der Waals surface area contributed by atoms with Crippen LogP contribution in [0.5, 0.6) is 0 Å². The summed E-state index contributed by atoms with van der Waals surface area (Å²) in [5, 5.41) is 3.67. The molecule has 134 valence electrons. The molecule has 1 fully saturated rings. The molecule has 1 heterocycles. The van der Waals surface area contributed by atoms with Crippen molar-refractivity contribution in [2.24, 2.45) is 0 Å². The molecule has 0 aromatic carbocycles. The molecule has 0 spiro atoms. The van der Waals surface area contributed by atoms with E-state index >= 15 is 0 Å². The smallest absolute Gasteiger partial charge is 0.244 e. The maximum absolute atomic E-state index is 12.4. The Hall–Kier alpha value is -1.12. The number of sulfonamides is 1. The molecule has 1 aromatic heterocycles. The summed E-state index contributed by atoms with van der Waals surface area (Å²) in [4.78, 5) is 16.3. The molecule has 1 N–H and O–H groups in total. The number of aromatic nitrogens is 1. The standard InChI is InChI=1S/C16H25N3O3S2/c1-3-19(4-2)24(21,22)14-9-10-16(17-11-14)23-12-15(20)18-13-7-5-6-8-13/h9-11,13H,3-8,12H2,1-2H3,(H,18,20). The van der Waals surface area contributed by atoms with Crippen molar-refractivity contribution in [3.63, 3.8) is 0 Å². The van der Waals surface area contributed by atoms with Crippen molar-refractivity contribution < 1.29 is 13.2 Å². The lowest BCUT2D eigenvalue weighted by atomic mass is 10.2. The van der Waals surface area contributed by atoms with Gasteiger partial charge in [-0.2, -0.15) is 4.31 Å². The molecule has 1 saturated carbocycles. The minimum absolute atomic E-state index is 0.00791. The summed E-state index contributed by atoms with van der Waals surface area (Å²) in [5.74, 6) is 0.305. The molecule has 1 aliphatic carbocycles. The molecule has 1 aliphatic rings. The zero-order chi connectivity index (χ0) is 17.6. The molecular formula is C16H25N3O3S2. The number of hydrogen-bond acceptors (Lipinski definition) is 5. The average molecular weight is 372 g/mol. The van der Waals surface area contributed by atoms with Gasteiger partial charge in [-0.05, 0) is 25.0 Å². The number of carbonyl (C=O) groups excluding carboxylic acids is 1. The molecule has 1 aromatic rings. The zero-order valence-corrected chi connectivity index (χ0v) is 15.8. The Balaban J connectivity index is 1.91. The molecular weight excluding hydrogens is 346 g/mol. The molecule has 8 heteroatoms. The molecule has 24 heavy (non-hydrogen) atoms. The van der Waals surface area contributed by atoms with E-state index in [1.165, 1.54) is 35.1 Å². The van der Waals surface area contributed by atoms with Crippen LogP contribution >= 0.6 is 11.8 Å². The molecule has 0 bridgehead atoms. The summed E-state index contributed by atoms with van der Waals surface area (Å²) in [6.07, 6.45) is 5.86. The molecule has 0 unspecified atom stereocenters. The summed E-state index contributed by atoms with van der Waals surface area (Å²) in [5.41, 5.74) is 0. The number of thioether (sulfide) groups is 1. The van der Waals surface area contributed by atoms with Crippen LogP contribution in [0.3, 0.4) is 0 Å². The van der Waals surface area contributed by atoms with E-state index in [1.54, 1.807) is 12.1 Å². The van der Waals surface area contributed by atoms with Gasteiger partial charge in [-0.3, -0.25) is 4.79 Å². The van der Waals surface area contributed by atoms with Gasteiger partial charge in [-0.1, -0.05) is 38.5 Å². The highest BCUT2D eigenvalue weighted by atomic mass is 32.2. The van der Waals surface area contributed by atoms with E-state index in [-0.39, 0.29) is 10.8 Å². The lowest BCUT2D eigenvalue weighted by Gasteiger charge is -2.18. The van der Waals surface area contributed by atoms with Gasteiger partial charge in [0.05, 0.1) is 10.8 Å². The normalized spacial score (nSPS) is 15.8. The summed E-state index contributed by atoms with van der Waals surface area (Å²) in [6.45, 7) is 4.47. The van der Waals surface area contributed by atoms with E-state index in [0.29, 0.717) is 29.9 Å². The monoisotopic (exact) mass is 371 g/mol. The number of nitrogens with zero attached hydrogens (tertiary/aromatic N) is 2. The predicted octanol–water partition coefficient (Wildman–Crippen LogP) is 2.26. The van der Waals surface area contributed by atoms with Gasteiger partial charge in [-0.15, -0.1) is 0 Å². The molecule has 0 atom stereocenters. The van der Waals surface area contributed by atoms with Crippen LogP contribution in [0.15, 0.2) is 28.3 Å². The highest BCUT2D eigenvalue weighted by Gasteiger charge is 2.22. The summed E-state index contributed by atoms with van der Waals surface area (Å²) >= 11 is 1.32. The van der Waals surface area contributed by atoms with Crippen LogP contribution in [0.1, 0.15) is 39.5 Å². The lowest BCUT2D eigenvalue weighted by Crippen LogP contribution is -2.33. The van der Waals surface area contributed by atoms with Gasteiger partial charge in [-0.25, -0.2) is 13.4 Å². The Bertz CT molecular complexity index is 637. The van der Waals surface area contributed by atoms with Gasteiger partial charge in [0.25, 0.3) is 0 Å². The van der Waals surface area contributed by atoms with Gasteiger partial charge < -0.3 is 5.32 Å². The number of hydrogen-bond donors (Lipinski definition) is 1. The van der Waals surface area contributed by atoms with Crippen molar-refractivity contribution in [2.45, 2.75) is 55.5 Å². The maximum Gasteiger partial charge on any atom is 0.244 e. The van der Waals surface area contributed by atoms with Gasteiger partial charge in [0.1, 0.15) is 4.90 Å². The van der Waals surface area contributed by atoms with Gasteiger partial charge in [0.2, 0.25) is 15.9 Å². The summed E-state index contributed by atoms with van der Waals surface area (Å²) < 4.78 is 26.2. The summed E-state index contributed by atoms with van der Waals surface area (Å²) in [6, 6.07) is 3.52. The fourth-order valence-electron chi connectivity index (χ4n) is 2.80. The van der Waals surface area contributed by atoms with Gasteiger partial charge in [0, 0.05) is 25.3 Å². The molecule has 6 nitrogen and oxygen atoms in total. The van der Waals surface area contributed by atoms with Crippen molar-refractivity contribution in [1.29, 1.82) is 0 Å². The Labute approximate surface area is 148 Å². The van der Waals surface area contributed by atoms with Crippen LogP contribution in [-0.2, 0) is 14.8 Å². The van der Waals surface area contributed by atoms with Crippen LogP contribution in [0.4, 0.5) is 0 Å². The van der Waals surface area contributed by atoms with Gasteiger partial charge in [0.15, 0.2) is 0 Å². The largest absolute Gasteiger partial charge is 0.353 e. The Morgan fingerprint density at radius 2 is 1.96 bits per heavy atom. The number of pyridine rings is 1. The SMILES string of the molecule is CCN(CC)S(=O)(=O)c1ccc(SCC(=O)NC2CCCC2)nc1. The first-order chi connectivity index (χ1) is 11.5. The van der Waals surface area contributed by atoms with Crippen LogP contribution < -0.4 is 5.32 Å². The minimum atomic E-state index is -3.48. The quantitative estimate of drug-likeness (QED) is 0.709. The van der Waals surface area contributed by atoms with Crippen LogP contribution in [0.25, 0.3) is 0 Å². The molecule has 0 radical (unpaired) electrons. The van der Waals surface area contributed by atoms with E-state index in [1.807, 2.05) is 13.8 Å². The molecule has 0 aliphatic heterocycles. The minimum Gasteiger partial charge on any atom is -0.353 e. The van der Waals surface area contributed by atoms with E-state index < -0.39 is 10.0 Å². The van der Waals surface area contributed by atoms with Gasteiger partial charge >= 0.3 is 0 Å². The van der Waals surface area contributed by atoms with Crippen LogP contribution in [-0.4, -0.2) is 48.5 Å². The number of carbonyl (C=O) groups is 1. The molecule has 2 rings (SSSR count). The number of amides is 1. The first-order valence-corrected chi connectivity index (χ1v) is 10.8. The van der Waals surface area contributed by atoms with E-state index in [2.05, 4.69) is 10.3 Å². The fourth-order valence-corrected chi connectivity index (χ4v) is 4.85. The number of nitrogens with one attached hydrogen (secondary N) is 1. The maximum atomic E-state index is 12.4. The van der Waals surface area contributed by atoms with Crippen molar-refractivity contribution in [2.75, 3.05) is 18.8 Å². The molecule has 1 amide bonds. The third-order valence-corrected chi connectivity index (χ3v) is 7.10. The second-order valence-corrected chi connectivity index (χ2v) is 8.69. The van der Waals surface area contributed by atoms with Crippen LogP contribution in [0.2, 0.25) is 0 Å². The topological polar surface area (TPSA) is 79.4 Å². The van der Waals surface area contributed by atoms with E-state index in [4.69, 9.17) is 0 Å². The number of rotatable bonds is 8. The first kappa shape index (κ1) is 19.2. The average Bonchev–Trinajstić information content (AvgIpc) is 3.07. The van der Waals surface area contributed by atoms with Crippen molar-refractivity contribution >= 4 is 27.7 Å². The van der Waals surface area contributed by atoms with Crippen molar-refractivity contribution in [3.05, 3.63) is 18.3 Å². The third kappa shape index (κ3) is 4.94. The Morgan fingerprint density at radius 3 is 2.50 bits per heavy atom. The highest BCUT2D eigenvalue weighted by molar-refractivity contribution is 7.99. The van der Waals surface area contributed by atoms with Crippen LogP contribution in [0, 0.1) is 0 Å². The van der Waals surface area contributed by atoms with Crippen molar-refractivity contribution in [3.8, 4) is 0 Å². The lowest BCUT2D eigenvalue weighted by molar-refractivity contribution is -0.119. The third-order valence-electron chi connectivity index (χ3n) is 4.12. The zero-order valence-electron chi connectivity index (χ0n) is 14.2. The Morgan fingerprint density at radius 1 is 1.29 bits per heavy atom. The second-order valence-electron chi connectivity index (χ2n) is 5.76. The van der Waals surface area contributed by atoms with Crippen molar-refractivity contribution in [1.82, 2.24) is 14.6 Å². The molecule has 0 saturated heterocycles. The second kappa shape index (κ2) is 8.82. The predicted molar refractivity (Wildman–Crippen MR) is 95.5 cm³/mol. The fraction of sp³-hybridized carbons (Fsp3) is 0.625. The van der Waals surface area contributed by atoms with E-state index in [9.17, 15) is 13.2 Å². The summed E-state index contributed by atoms with van der Waals surface area (Å²) in [7, 11) is -3.48. The van der Waals surface area contributed by atoms with E-state index in [0.717, 1.165) is 12.8 Å².